The van der Waals surface area contributed by atoms with Gasteiger partial charge in [0.1, 0.15) is 0 Å². The van der Waals surface area contributed by atoms with E-state index < -0.39 is 12.0 Å². The molecule has 0 saturated heterocycles. The molecule has 0 aromatic carbocycles. The molecule has 1 aliphatic rings. The van der Waals surface area contributed by atoms with Crippen LogP contribution >= 0.6 is 0 Å². The summed E-state index contributed by atoms with van der Waals surface area (Å²) in [5.74, 6) is -0.738. The fourth-order valence-electron chi connectivity index (χ4n) is 2.59. The number of carbonyl (C=O) groups excluding carboxylic acids is 1. The zero-order valence-electron chi connectivity index (χ0n) is 11.6. The summed E-state index contributed by atoms with van der Waals surface area (Å²) in [5, 5.41) is 11.3. The van der Waals surface area contributed by atoms with Crippen LogP contribution in [-0.4, -0.2) is 29.6 Å². The highest BCUT2D eigenvalue weighted by Gasteiger charge is 2.64. The van der Waals surface area contributed by atoms with Gasteiger partial charge in [0.2, 0.25) is 5.91 Å². The highest BCUT2D eigenvalue weighted by Crippen LogP contribution is 2.67. The molecule has 0 aromatic heterocycles. The van der Waals surface area contributed by atoms with Crippen molar-refractivity contribution < 1.29 is 14.7 Å². The molecule has 1 fully saturated rings. The predicted molar refractivity (Wildman–Crippen MR) is 68.9 cm³/mol. The van der Waals surface area contributed by atoms with Crippen LogP contribution in [0.5, 0.6) is 0 Å². The molecule has 1 atom stereocenters. The Bertz CT molecular complexity index is 336. The van der Waals surface area contributed by atoms with Gasteiger partial charge in [0.25, 0.3) is 0 Å². The third-order valence-corrected chi connectivity index (χ3v) is 4.81. The van der Waals surface area contributed by atoms with Gasteiger partial charge in [-0.05, 0) is 23.2 Å². The number of rotatable bonds is 6. The Labute approximate surface area is 108 Å². The Morgan fingerprint density at radius 2 is 1.78 bits per heavy atom. The minimum atomic E-state index is -0.928. The summed E-state index contributed by atoms with van der Waals surface area (Å²) in [6.07, 6.45) is 0.105. The Kier molecular flexibility index (Phi) is 4.05. The smallest absolute Gasteiger partial charge is 0.303 e. The maximum Gasteiger partial charge on any atom is 0.303 e. The van der Waals surface area contributed by atoms with E-state index in [-0.39, 0.29) is 29.6 Å². The van der Waals surface area contributed by atoms with Crippen LogP contribution in [0.2, 0.25) is 0 Å². The number of carbonyl (C=O) groups is 2. The highest BCUT2D eigenvalue weighted by molar-refractivity contribution is 5.82. The van der Waals surface area contributed by atoms with Crippen LogP contribution in [0.1, 0.15) is 40.5 Å². The first kappa shape index (κ1) is 15.0. The van der Waals surface area contributed by atoms with Crippen LogP contribution in [0, 0.1) is 16.7 Å². The van der Waals surface area contributed by atoms with Gasteiger partial charge in [-0.3, -0.25) is 9.59 Å². The molecular weight excluding hydrogens is 232 g/mol. The van der Waals surface area contributed by atoms with Gasteiger partial charge < -0.3 is 16.2 Å². The van der Waals surface area contributed by atoms with E-state index in [0.717, 1.165) is 0 Å². The van der Waals surface area contributed by atoms with Crippen molar-refractivity contribution in [1.29, 1.82) is 0 Å². The fourth-order valence-corrected chi connectivity index (χ4v) is 2.59. The topological polar surface area (TPSA) is 92.4 Å². The van der Waals surface area contributed by atoms with Crippen LogP contribution < -0.4 is 11.1 Å². The van der Waals surface area contributed by atoms with Crippen molar-refractivity contribution in [2.75, 3.05) is 6.54 Å². The third-order valence-electron chi connectivity index (χ3n) is 4.81. The van der Waals surface area contributed by atoms with Crippen LogP contribution in [0.25, 0.3) is 0 Å². The molecule has 1 aliphatic carbocycles. The van der Waals surface area contributed by atoms with E-state index in [9.17, 15) is 9.59 Å². The molecule has 0 spiro atoms. The molecule has 0 bridgehead atoms. The molecule has 1 rings (SSSR count). The van der Waals surface area contributed by atoms with Crippen LogP contribution in [0.4, 0.5) is 0 Å². The van der Waals surface area contributed by atoms with Crippen molar-refractivity contribution in [3.8, 4) is 0 Å². The van der Waals surface area contributed by atoms with E-state index in [0.29, 0.717) is 12.5 Å². The Morgan fingerprint density at radius 1 is 1.28 bits per heavy atom. The summed E-state index contributed by atoms with van der Waals surface area (Å²) < 4.78 is 0. The largest absolute Gasteiger partial charge is 0.481 e. The van der Waals surface area contributed by atoms with E-state index in [4.69, 9.17) is 10.8 Å². The van der Waals surface area contributed by atoms with Gasteiger partial charge in [-0.2, -0.15) is 0 Å². The number of aliphatic carboxylic acids is 1. The lowest BCUT2D eigenvalue weighted by Crippen LogP contribution is -2.42. The fraction of sp³-hybridized carbons (Fsp3) is 0.846. The quantitative estimate of drug-likeness (QED) is 0.660. The van der Waals surface area contributed by atoms with Crippen molar-refractivity contribution in [3.63, 3.8) is 0 Å². The molecule has 18 heavy (non-hydrogen) atoms. The molecule has 104 valence electrons. The number of hydrogen-bond donors (Lipinski definition) is 3. The summed E-state index contributed by atoms with van der Waals surface area (Å²) in [4.78, 5) is 22.1. The first-order chi connectivity index (χ1) is 8.10. The van der Waals surface area contributed by atoms with Crippen LogP contribution in [-0.2, 0) is 9.59 Å². The van der Waals surface area contributed by atoms with Crippen molar-refractivity contribution >= 4 is 11.9 Å². The molecule has 0 heterocycles. The molecular formula is C13H24N2O3. The van der Waals surface area contributed by atoms with Gasteiger partial charge in [0.05, 0.1) is 6.04 Å². The van der Waals surface area contributed by atoms with Crippen molar-refractivity contribution in [1.82, 2.24) is 5.32 Å². The number of hydrogen-bond acceptors (Lipinski definition) is 3. The Hall–Kier alpha value is -1.10. The summed E-state index contributed by atoms with van der Waals surface area (Å²) in [6, 6.07) is -0.730. The minimum Gasteiger partial charge on any atom is -0.481 e. The first-order valence-corrected chi connectivity index (χ1v) is 6.35. The molecule has 5 heteroatoms. The number of amides is 1. The van der Waals surface area contributed by atoms with Gasteiger partial charge in [0, 0.05) is 13.0 Å². The monoisotopic (exact) mass is 256 g/mol. The Morgan fingerprint density at radius 3 is 2.17 bits per heavy atom. The van der Waals surface area contributed by atoms with E-state index in [1.54, 1.807) is 0 Å². The normalized spacial score (nSPS) is 22.3. The minimum absolute atomic E-state index is 0.0744. The Balaban J connectivity index is 2.32. The average Bonchev–Trinajstić information content (AvgIpc) is 2.63. The molecule has 1 unspecified atom stereocenters. The molecule has 0 aliphatic heterocycles. The molecule has 0 aromatic rings. The maximum absolute atomic E-state index is 11.7. The van der Waals surface area contributed by atoms with Gasteiger partial charge in [-0.1, -0.05) is 27.7 Å². The van der Waals surface area contributed by atoms with Crippen LogP contribution in [0.3, 0.4) is 0 Å². The lowest BCUT2D eigenvalue weighted by atomic mass is 10.0. The third kappa shape index (κ3) is 2.83. The van der Waals surface area contributed by atoms with E-state index in [2.05, 4.69) is 33.0 Å². The first-order valence-electron chi connectivity index (χ1n) is 6.35. The van der Waals surface area contributed by atoms with Crippen molar-refractivity contribution in [2.45, 2.75) is 46.6 Å². The second-order valence-corrected chi connectivity index (χ2v) is 6.28. The lowest BCUT2D eigenvalue weighted by Gasteiger charge is -2.11. The second kappa shape index (κ2) is 4.88. The molecule has 4 N–H and O–H groups in total. The zero-order chi connectivity index (χ0) is 14.1. The van der Waals surface area contributed by atoms with Gasteiger partial charge in [-0.25, -0.2) is 0 Å². The molecule has 1 saturated carbocycles. The maximum atomic E-state index is 11.7. The number of carboxylic acids is 1. The standard InChI is InChI=1S/C13H24N2O3/c1-12(2)9(13(12,3)4)7-15-11(18)8(14)5-6-10(16)17/h8-9H,5-7,14H2,1-4H3,(H,15,18)(H,16,17). The average molecular weight is 256 g/mol. The van der Waals surface area contributed by atoms with Gasteiger partial charge >= 0.3 is 5.97 Å². The van der Waals surface area contributed by atoms with E-state index in [1.807, 2.05) is 0 Å². The number of nitrogens with one attached hydrogen (secondary N) is 1. The SMILES string of the molecule is CC1(C)C(CNC(=O)C(N)CCC(=O)O)C1(C)C. The molecule has 0 radical (unpaired) electrons. The number of carboxylic acid groups (broad SMARTS) is 1. The summed E-state index contributed by atoms with van der Waals surface area (Å²) in [5.41, 5.74) is 6.09. The van der Waals surface area contributed by atoms with Gasteiger partial charge in [-0.15, -0.1) is 0 Å². The van der Waals surface area contributed by atoms with Crippen LogP contribution in [0.15, 0.2) is 0 Å². The number of nitrogens with two attached hydrogens (primary N) is 1. The molecule has 1 amide bonds. The predicted octanol–water partition coefficient (Wildman–Crippen LogP) is 0.977. The summed E-state index contributed by atoms with van der Waals surface area (Å²) in [7, 11) is 0. The molecule has 5 nitrogen and oxygen atoms in total. The van der Waals surface area contributed by atoms with Crippen molar-refractivity contribution in [3.05, 3.63) is 0 Å². The second-order valence-electron chi connectivity index (χ2n) is 6.28. The lowest BCUT2D eigenvalue weighted by molar-refractivity contribution is -0.137. The zero-order valence-corrected chi connectivity index (χ0v) is 11.6. The van der Waals surface area contributed by atoms with Crippen molar-refractivity contribution in [2.24, 2.45) is 22.5 Å². The van der Waals surface area contributed by atoms with E-state index in [1.165, 1.54) is 0 Å². The van der Waals surface area contributed by atoms with E-state index >= 15 is 0 Å². The summed E-state index contributed by atoms with van der Waals surface area (Å²) in [6.45, 7) is 9.37. The summed E-state index contributed by atoms with van der Waals surface area (Å²) >= 11 is 0. The van der Waals surface area contributed by atoms with Gasteiger partial charge in [0.15, 0.2) is 0 Å². The highest BCUT2D eigenvalue weighted by atomic mass is 16.4.